The number of carbonyl (C=O) groups excluding carboxylic acids is 2. The highest BCUT2D eigenvalue weighted by molar-refractivity contribution is 6.42. The predicted octanol–water partition coefficient (Wildman–Crippen LogP) is 5.89. The second-order valence-corrected chi connectivity index (χ2v) is 12.0. The number of rotatable bonds is 10. The van der Waals surface area contributed by atoms with Crippen molar-refractivity contribution in [2.75, 3.05) is 47.1 Å². The number of ether oxygens (including phenoxy) is 2. The van der Waals surface area contributed by atoms with Crippen molar-refractivity contribution in [3.05, 3.63) is 99.0 Å². The lowest BCUT2D eigenvalue weighted by Gasteiger charge is -2.46. The van der Waals surface area contributed by atoms with E-state index in [9.17, 15) is 9.59 Å². The number of hydrogen-bond donors (Lipinski definition) is 1. The number of likely N-dealkylation sites (N-methyl/N-ethyl adjacent to an activating group) is 1. The van der Waals surface area contributed by atoms with Gasteiger partial charge in [-0.15, -0.1) is 0 Å². The molecule has 1 atom stereocenters. The molecule has 2 amide bonds. The Kier molecular flexibility index (Phi) is 9.74. The van der Waals surface area contributed by atoms with Crippen LogP contribution < -0.4 is 10.1 Å². The van der Waals surface area contributed by atoms with Gasteiger partial charge in [0.2, 0.25) is 5.91 Å². The van der Waals surface area contributed by atoms with Crippen LogP contribution in [-0.2, 0) is 21.5 Å². The number of fused-ring (bicyclic) bond motifs is 2. The molecule has 1 N–H and O–H groups in total. The molecule has 5 rings (SSSR count). The van der Waals surface area contributed by atoms with Crippen molar-refractivity contribution in [2.45, 2.75) is 37.1 Å². The number of halogens is 2. The first-order valence-corrected chi connectivity index (χ1v) is 15.1. The maximum Gasteiger partial charge on any atom is 0.253 e. The number of nitrogens with zero attached hydrogens (tertiary/aromatic N) is 2. The van der Waals surface area contributed by atoms with Crippen molar-refractivity contribution >= 4 is 35.0 Å². The minimum atomic E-state index is -0.289. The molecule has 3 aromatic rings. The van der Waals surface area contributed by atoms with Crippen LogP contribution in [0.25, 0.3) is 0 Å². The van der Waals surface area contributed by atoms with E-state index in [4.69, 9.17) is 32.7 Å². The van der Waals surface area contributed by atoms with E-state index in [1.54, 1.807) is 36.3 Å². The molecular formula is C33H37Cl2N3O4. The van der Waals surface area contributed by atoms with Crippen molar-refractivity contribution in [2.24, 2.45) is 0 Å². The zero-order valence-corrected chi connectivity index (χ0v) is 25.6. The van der Waals surface area contributed by atoms with Gasteiger partial charge in [-0.05, 0) is 78.9 Å². The van der Waals surface area contributed by atoms with Crippen LogP contribution in [0.3, 0.4) is 0 Å². The largest absolute Gasteiger partial charge is 0.468 e. The average Bonchev–Trinajstić information content (AvgIpc) is 3.00. The first kappa shape index (κ1) is 30.4. The van der Waals surface area contributed by atoms with E-state index in [1.807, 2.05) is 31.3 Å². The van der Waals surface area contributed by atoms with Crippen LogP contribution >= 0.6 is 23.2 Å². The minimum absolute atomic E-state index is 0.0593. The molecule has 0 radical (unpaired) electrons. The van der Waals surface area contributed by atoms with Crippen molar-refractivity contribution < 1.29 is 19.1 Å². The van der Waals surface area contributed by atoms with Gasteiger partial charge in [0, 0.05) is 45.3 Å². The van der Waals surface area contributed by atoms with Crippen LogP contribution in [-0.4, -0.2) is 68.7 Å². The van der Waals surface area contributed by atoms with Gasteiger partial charge in [0.05, 0.1) is 22.0 Å². The fourth-order valence-electron chi connectivity index (χ4n) is 6.17. The van der Waals surface area contributed by atoms with Gasteiger partial charge >= 0.3 is 0 Å². The first-order chi connectivity index (χ1) is 20.3. The fraction of sp³-hybridized carbons (Fsp3) is 0.394. The Morgan fingerprint density at radius 1 is 1.05 bits per heavy atom. The Morgan fingerprint density at radius 2 is 1.79 bits per heavy atom. The molecule has 9 heteroatoms. The highest BCUT2D eigenvalue weighted by Crippen LogP contribution is 2.38. The van der Waals surface area contributed by atoms with Gasteiger partial charge in [-0.2, -0.15) is 0 Å². The highest BCUT2D eigenvalue weighted by atomic mass is 35.5. The predicted molar refractivity (Wildman–Crippen MR) is 165 cm³/mol. The lowest BCUT2D eigenvalue weighted by Crippen LogP contribution is -2.56. The summed E-state index contributed by atoms with van der Waals surface area (Å²) in [4.78, 5) is 30.1. The average molecular weight is 611 g/mol. The second-order valence-electron chi connectivity index (χ2n) is 11.2. The number of benzene rings is 3. The summed E-state index contributed by atoms with van der Waals surface area (Å²) in [6.45, 7) is 3.31. The van der Waals surface area contributed by atoms with Crippen LogP contribution in [0.4, 0.5) is 0 Å². The molecule has 2 heterocycles. The summed E-state index contributed by atoms with van der Waals surface area (Å²) in [5.41, 5.74) is 3.75. The molecule has 1 unspecified atom stereocenters. The molecule has 222 valence electrons. The molecule has 0 aliphatic carbocycles. The van der Waals surface area contributed by atoms with Crippen LogP contribution in [0.15, 0.2) is 66.7 Å². The summed E-state index contributed by atoms with van der Waals surface area (Å²) in [6, 6.07) is 21.1. The third kappa shape index (κ3) is 6.92. The summed E-state index contributed by atoms with van der Waals surface area (Å²) >= 11 is 12.6. The number of carbonyl (C=O) groups is 2. The summed E-state index contributed by atoms with van der Waals surface area (Å²) in [6.07, 6.45) is 3.03. The quantitative estimate of drug-likeness (QED) is 0.290. The van der Waals surface area contributed by atoms with E-state index in [0.29, 0.717) is 34.3 Å². The normalized spacial score (nSPS) is 16.9. The number of nitrogens with one attached hydrogen (secondary N) is 1. The molecule has 1 spiro atoms. The third-order valence-corrected chi connectivity index (χ3v) is 9.21. The summed E-state index contributed by atoms with van der Waals surface area (Å²) < 4.78 is 10.4. The monoisotopic (exact) mass is 609 g/mol. The van der Waals surface area contributed by atoms with E-state index in [0.717, 1.165) is 50.0 Å². The van der Waals surface area contributed by atoms with Gasteiger partial charge in [0.1, 0.15) is 5.75 Å². The SMILES string of the molecule is COCOc1ccc(C(=O)N(C)CC(CCN2CCC3(CC2)NC(=O)Cc2ccccc23)c2ccc(Cl)c(Cl)c2)cc1. The van der Waals surface area contributed by atoms with Crippen molar-refractivity contribution in [1.82, 2.24) is 15.1 Å². The molecule has 2 aliphatic rings. The topological polar surface area (TPSA) is 71.1 Å². The maximum atomic E-state index is 13.3. The molecule has 42 heavy (non-hydrogen) atoms. The van der Waals surface area contributed by atoms with Gasteiger partial charge in [-0.25, -0.2) is 0 Å². The Balaban J connectivity index is 1.25. The molecule has 7 nitrogen and oxygen atoms in total. The molecule has 2 aliphatic heterocycles. The lowest BCUT2D eigenvalue weighted by atomic mass is 9.75. The Bertz CT molecular complexity index is 1410. The van der Waals surface area contributed by atoms with Gasteiger partial charge < -0.3 is 24.6 Å². The standard InChI is InChI=1S/C33H37Cl2N3O4/c1-37(32(40)23-7-10-27(11-8-23)42-22-41-2)21-26(24-9-12-29(34)30(35)19-24)13-16-38-17-14-33(15-18-38)28-6-4-3-5-25(28)20-31(39)36-33/h3-12,19,26H,13-18,20-22H2,1-2H3,(H,36,39). The molecule has 0 bridgehead atoms. The van der Waals surface area contributed by atoms with E-state index >= 15 is 0 Å². The summed E-state index contributed by atoms with van der Waals surface area (Å²) in [5, 5.41) is 4.34. The smallest absolute Gasteiger partial charge is 0.253 e. The van der Waals surface area contributed by atoms with Crippen LogP contribution in [0.2, 0.25) is 10.0 Å². The van der Waals surface area contributed by atoms with Crippen molar-refractivity contribution in [1.29, 1.82) is 0 Å². The first-order valence-electron chi connectivity index (χ1n) is 14.3. The van der Waals surface area contributed by atoms with E-state index in [1.165, 1.54) is 5.56 Å². The second kappa shape index (κ2) is 13.5. The molecular weight excluding hydrogens is 573 g/mol. The maximum absolute atomic E-state index is 13.3. The van der Waals surface area contributed by atoms with Gasteiger partial charge in [-0.3, -0.25) is 9.59 Å². The summed E-state index contributed by atoms with van der Waals surface area (Å²) in [5.74, 6) is 0.741. The van der Waals surface area contributed by atoms with E-state index in [-0.39, 0.29) is 30.1 Å². The van der Waals surface area contributed by atoms with Crippen LogP contribution in [0.1, 0.15) is 52.2 Å². The molecule has 0 aromatic heterocycles. The number of likely N-dealkylation sites (tertiary alicyclic amines) is 1. The zero-order chi connectivity index (χ0) is 29.7. The van der Waals surface area contributed by atoms with Crippen molar-refractivity contribution in [3.63, 3.8) is 0 Å². The van der Waals surface area contributed by atoms with Crippen LogP contribution in [0, 0.1) is 0 Å². The number of hydrogen-bond acceptors (Lipinski definition) is 5. The number of methoxy groups -OCH3 is 1. The van der Waals surface area contributed by atoms with Gasteiger partial charge in [-0.1, -0.05) is 53.5 Å². The van der Waals surface area contributed by atoms with E-state index < -0.39 is 0 Å². The Morgan fingerprint density at radius 3 is 2.50 bits per heavy atom. The van der Waals surface area contributed by atoms with Gasteiger partial charge in [0.15, 0.2) is 6.79 Å². The van der Waals surface area contributed by atoms with Crippen LogP contribution in [0.5, 0.6) is 5.75 Å². The minimum Gasteiger partial charge on any atom is -0.468 e. The van der Waals surface area contributed by atoms with Gasteiger partial charge in [0.25, 0.3) is 5.91 Å². The van der Waals surface area contributed by atoms with Crippen molar-refractivity contribution in [3.8, 4) is 5.75 Å². The Labute approximate surface area is 257 Å². The molecule has 3 aromatic carbocycles. The molecule has 1 fully saturated rings. The lowest BCUT2D eigenvalue weighted by molar-refractivity contribution is -0.124. The zero-order valence-electron chi connectivity index (χ0n) is 24.1. The Hall–Kier alpha value is -3.10. The summed E-state index contributed by atoms with van der Waals surface area (Å²) in [7, 11) is 3.39. The number of piperidine rings is 1. The highest BCUT2D eigenvalue weighted by Gasteiger charge is 2.41. The molecule has 0 saturated carbocycles. The van der Waals surface area contributed by atoms with E-state index in [2.05, 4.69) is 28.4 Å². The number of amides is 2. The fourth-order valence-corrected chi connectivity index (χ4v) is 6.47. The molecule has 1 saturated heterocycles. The third-order valence-electron chi connectivity index (χ3n) is 8.47.